The molecule has 5 N–H and O–H groups in total. The van der Waals surface area contributed by atoms with Gasteiger partial charge in [-0.2, -0.15) is 0 Å². The molecule has 0 radical (unpaired) electrons. The van der Waals surface area contributed by atoms with Crippen molar-refractivity contribution in [3.63, 3.8) is 0 Å². The fourth-order valence-corrected chi connectivity index (χ4v) is 1.77. The van der Waals surface area contributed by atoms with Gasteiger partial charge in [-0.1, -0.05) is 0 Å². The summed E-state index contributed by atoms with van der Waals surface area (Å²) < 4.78 is 1.91. The van der Waals surface area contributed by atoms with Gasteiger partial charge >= 0.3 is 0 Å². The first-order valence-electron chi connectivity index (χ1n) is 5.91. The van der Waals surface area contributed by atoms with Gasteiger partial charge in [-0.05, 0) is 25.1 Å². The summed E-state index contributed by atoms with van der Waals surface area (Å²) in [6.07, 6.45) is 1.66. The summed E-state index contributed by atoms with van der Waals surface area (Å²) in [5.41, 5.74) is 12.5. The molecule has 0 aliphatic heterocycles. The maximum absolute atomic E-state index is 11.4. The number of nitrogens with one attached hydrogen (secondary N) is 1. The van der Waals surface area contributed by atoms with Crippen molar-refractivity contribution in [3.8, 4) is 0 Å². The summed E-state index contributed by atoms with van der Waals surface area (Å²) in [6.45, 7) is 3.25. The molecule has 0 aliphatic carbocycles. The molecule has 0 fully saturated rings. The normalized spacial score (nSPS) is 10.4. The molecule has 1 aromatic carbocycles. The predicted molar refractivity (Wildman–Crippen MR) is 72.4 cm³/mol. The van der Waals surface area contributed by atoms with Crippen LogP contribution in [0.15, 0.2) is 24.5 Å². The van der Waals surface area contributed by atoms with Crippen molar-refractivity contribution in [1.82, 2.24) is 14.8 Å². The number of aryl methyl sites for hydroxylation is 1. The third-order valence-corrected chi connectivity index (χ3v) is 2.78. The summed E-state index contributed by atoms with van der Waals surface area (Å²) in [6, 6.07) is 4.98. The molecule has 1 heterocycles. The standard InChI is InChI=1S/C12H16N6O/c1-2-18-7-16-17-11(18)6-15-10-4-3-8(13)5-9(10)12(14)19/h3-5,7,15H,2,6,13H2,1H3,(H2,14,19). The molecule has 1 aromatic heterocycles. The SMILES string of the molecule is CCn1cnnc1CNc1ccc(N)cc1C(N)=O. The van der Waals surface area contributed by atoms with Crippen LogP contribution in [0.2, 0.25) is 0 Å². The Labute approximate surface area is 110 Å². The zero-order valence-corrected chi connectivity index (χ0v) is 10.6. The lowest BCUT2D eigenvalue weighted by molar-refractivity contribution is 0.100. The Morgan fingerprint density at radius 2 is 2.26 bits per heavy atom. The van der Waals surface area contributed by atoms with Gasteiger partial charge in [0.05, 0.1) is 12.1 Å². The van der Waals surface area contributed by atoms with Gasteiger partial charge < -0.3 is 21.4 Å². The molecule has 7 nitrogen and oxygen atoms in total. The second kappa shape index (κ2) is 5.38. The maximum atomic E-state index is 11.4. The molecule has 0 saturated carbocycles. The number of nitrogen functional groups attached to an aromatic ring is 1. The van der Waals surface area contributed by atoms with Crippen molar-refractivity contribution >= 4 is 17.3 Å². The van der Waals surface area contributed by atoms with E-state index in [0.717, 1.165) is 12.4 Å². The Morgan fingerprint density at radius 3 is 2.95 bits per heavy atom. The largest absolute Gasteiger partial charge is 0.399 e. The van der Waals surface area contributed by atoms with Crippen LogP contribution in [0.4, 0.5) is 11.4 Å². The molecule has 0 atom stereocenters. The first kappa shape index (κ1) is 12.9. The highest BCUT2D eigenvalue weighted by Gasteiger charge is 2.09. The molecule has 19 heavy (non-hydrogen) atoms. The Hall–Kier alpha value is -2.57. The van der Waals surface area contributed by atoms with Gasteiger partial charge in [-0.15, -0.1) is 10.2 Å². The summed E-state index contributed by atoms with van der Waals surface area (Å²) in [4.78, 5) is 11.4. The first-order valence-corrected chi connectivity index (χ1v) is 5.91. The van der Waals surface area contributed by atoms with E-state index in [4.69, 9.17) is 11.5 Å². The van der Waals surface area contributed by atoms with Gasteiger partial charge in [-0.3, -0.25) is 4.79 Å². The second-order valence-corrected chi connectivity index (χ2v) is 4.06. The van der Waals surface area contributed by atoms with Gasteiger partial charge in [0.15, 0.2) is 5.82 Å². The van der Waals surface area contributed by atoms with E-state index in [9.17, 15) is 4.79 Å². The first-order chi connectivity index (χ1) is 9.11. The fourth-order valence-electron chi connectivity index (χ4n) is 1.77. The van der Waals surface area contributed by atoms with Crippen molar-refractivity contribution in [3.05, 3.63) is 35.9 Å². The van der Waals surface area contributed by atoms with Gasteiger partial charge in [0.25, 0.3) is 5.91 Å². The quantitative estimate of drug-likeness (QED) is 0.681. The molecule has 0 aliphatic rings. The zero-order chi connectivity index (χ0) is 13.8. The number of hydrogen-bond acceptors (Lipinski definition) is 5. The highest BCUT2D eigenvalue weighted by atomic mass is 16.1. The van der Waals surface area contributed by atoms with Crippen LogP contribution >= 0.6 is 0 Å². The average molecular weight is 260 g/mol. The topological polar surface area (TPSA) is 112 Å². The van der Waals surface area contributed by atoms with Crippen LogP contribution in [0, 0.1) is 0 Å². The van der Waals surface area contributed by atoms with E-state index in [1.807, 2.05) is 11.5 Å². The van der Waals surface area contributed by atoms with Gasteiger partial charge in [0.1, 0.15) is 6.33 Å². The number of benzene rings is 1. The number of nitrogens with zero attached hydrogens (tertiary/aromatic N) is 3. The van der Waals surface area contributed by atoms with Crippen LogP contribution in [-0.4, -0.2) is 20.7 Å². The Bertz CT molecular complexity index is 592. The lowest BCUT2D eigenvalue weighted by atomic mass is 10.1. The van der Waals surface area contributed by atoms with E-state index in [1.54, 1.807) is 24.5 Å². The molecule has 0 saturated heterocycles. The molecule has 2 rings (SSSR count). The highest BCUT2D eigenvalue weighted by molar-refractivity contribution is 5.99. The number of hydrogen-bond donors (Lipinski definition) is 3. The van der Waals surface area contributed by atoms with Crippen molar-refractivity contribution in [1.29, 1.82) is 0 Å². The molecule has 0 unspecified atom stereocenters. The monoisotopic (exact) mass is 260 g/mol. The number of rotatable bonds is 5. The van der Waals surface area contributed by atoms with Crippen LogP contribution in [-0.2, 0) is 13.1 Å². The molecule has 0 bridgehead atoms. The van der Waals surface area contributed by atoms with E-state index in [0.29, 0.717) is 23.5 Å². The maximum Gasteiger partial charge on any atom is 0.250 e. The summed E-state index contributed by atoms with van der Waals surface area (Å²) >= 11 is 0. The number of nitrogens with two attached hydrogens (primary N) is 2. The third kappa shape index (κ3) is 2.82. The minimum Gasteiger partial charge on any atom is -0.399 e. The molecule has 100 valence electrons. The van der Waals surface area contributed by atoms with Crippen LogP contribution in [0.1, 0.15) is 23.1 Å². The Morgan fingerprint density at radius 1 is 1.47 bits per heavy atom. The molecular formula is C12H16N6O. The van der Waals surface area contributed by atoms with E-state index in [2.05, 4.69) is 15.5 Å². The Balaban J connectivity index is 2.18. The minimum atomic E-state index is -0.522. The average Bonchev–Trinajstić information content (AvgIpc) is 2.84. The number of primary amides is 1. The van der Waals surface area contributed by atoms with E-state index in [1.165, 1.54) is 0 Å². The van der Waals surface area contributed by atoms with Crippen LogP contribution in [0.5, 0.6) is 0 Å². The van der Waals surface area contributed by atoms with E-state index in [-0.39, 0.29) is 0 Å². The van der Waals surface area contributed by atoms with Crippen LogP contribution < -0.4 is 16.8 Å². The third-order valence-electron chi connectivity index (χ3n) is 2.78. The lowest BCUT2D eigenvalue weighted by Crippen LogP contribution is -2.16. The second-order valence-electron chi connectivity index (χ2n) is 4.06. The molecule has 2 aromatic rings. The van der Waals surface area contributed by atoms with E-state index >= 15 is 0 Å². The van der Waals surface area contributed by atoms with Crippen molar-refractivity contribution in [2.24, 2.45) is 5.73 Å². The van der Waals surface area contributed by atoms with Gasteiger partial charge in [0, 0.05) is 17.9 Å². The smallest absolute Gasteiger partial charge is 0.250 e. The zero-order valence-electron chi connectivity index (χ0n) is 10.6. The fraction of sp³-hybridized carbons (Fsp3) is 0.250. The van der Waals surface area contributed by atoms with Crippen LogP contribution in [0.3, 0.4) is 0 Å². The highest BCUT2D eigenvalue weighted by Crippen LogP contribution is 2.19. The molecular weight excluding hydrogens is 244 g/mol. The number of amides is 1. The van der Waals surface area contributed by atoms with Crippen molar-refractivity contribution in [2.45, 2.75) is 20.0 Å². The van der Waals surface area contributed by atoms with Crippen molar-refractivity contribution in [2.75, 3.05) is 11.1 Å². The number of anilines is 2. The summed E-state index contributed by atoms with van der Waals surface area (Å²) in [7, 11) is 0. The molecule has 7 heteroatoms. The molecule has 0 spiro atoms. The Kier molecular flexibility index (Phi) is 3.65. The van der Waals surface area contributed by atoms with Gasteiger partial charge in [0.2, 0.25) is 0 Å². The summed E-state index contributed by atoms with van der Waals surface area (Å²) in [5.74, 6) is 0.265. The summed E-state index contributed by atoms with van der Waals surface area (Å²) in [5, 5.41) is 11.0. The lowest BCUT2D eigenvalue weighted by Gasteiger charge is -2.10. The molecule has 1 amide bonds. The van der Waals surface area contributed by atoms with Gasteiger partial charge in [-0.25, -0.2) is 0 Å². The number of carbonyl (C=O) groups is 1. The van der Waals surface area contributed by atoms with E-state index < -0.39 is 5.91 Å². The number of carbonyl (C=O) groups excluding carboxylic acids is 1. The van der Waals surface area contributed by atoms with Crippen LogP contribution in [0.25, 0.3) is 0 Å². The predicted octanol–water partition coefficient (Wildman–Crippen LogP) is 0.591. The van der Waals surface area contributed by atoms with Crippen molar-refractivity contribution < 1.29 is 4.79 Å². The minimum absolute atomic E-state index is 0.363. The number of aromatic nitrogens is 3.